The largest absolute Gasteiger partial charge is 0.383 e. The minimum Gasteiger partial charge on any atom is -0.383 e. The second-order valence-corrected chi connectivity index (χ2v) is 6.65. The highest BCUT2D eigenvalue weighted by Gasteiger charge is 2.17. The number of fused-ring (bicyclic) bond motifs is 1. The first-order valence-electron chi connectivity index (χ1n) is 8.56. The van der Waals surface area contributed by atoms with Crippen molar-refractivity contribution in [1.82, 2.24) is 14.5 Å². The average Bonchev–Trinajstić information content (AvgIpc) is 2.69. The summed E-state index contributed by atoms with van der Waals surface area (Å²) in [5.41, 5.74) is 1.90. The lowest BCUT2D eigenvalue weighted by atomic mass is 10.1. The van der Waals surface area contributed by atoms with Crippen LogP contribution in [0.2, 0.25) is 0 Å². The predicted octanol–water partition coefficient (Wildman–Crippen LogP) is 2.88. The number of hydrogen-bond donors (Lipinski definition) is 1. The predicted molar refractivity (Wildman–Crippen MR) is 107 cm³/mol. The second kappa shape index (κ2) is 8.28. The van der Waals surface area contributed by atoms with E-state index in [1.165, 1.54) is 4.57 Å². The van der Waals surface area contributed by atoms with Crippen LogP contribution in [0.5, 0.6) is 0 Å². The Morgan fingerprint density at radius 2 is 1.96 bits per heavy atom. The van der Waals surface area contributed by atoms with Crippen LogP contribution in [0.1, 0.15) is 15.9 Å². The maximum Gasteiger partial charge on any atom is 0.261 e. The van der Waals surface area contributed by atoms with Gasteiger partial charge in [0.2, 0.25) is 0 Å². The van der Waals surface area contributed by atoms with Gasteiger partial charge in [-0.1, -0.05) is 30.3 Å². The molecule has 0 unspecified atom stereocenters. The third-order valence-corrected chi connectivity index (χ3v) is 4.79. The van der Waals surface area contributed by atoms with Gasteiger partial charge in [0.05, 0.1) is 17.5 Å². The summed E-state index contributed by atoms with van der Waals surface area (Å²) in [5.74, 6) is -0.127. The Hall–Kier alpha value is -2.77. The molecule has 0 aliphatic heterocycles. The van der Waals surface area contributed by atoms with E-state index in [9.17, 15) is 9.59 Å². The Balaban J connectivity index is 1.96. The number of benzene rings is 2. The summed E-state index contributed by atoms with van der Waals surface area (Å²) < 4.78 is 6.84. The SMILES string of the molecule is COCCN(Cc1ccccc1)C(=O)c1ccc2c(=O)n(C)c(=S)[nH]c2c1. The molecule has 3 aromatic rings. The smallest absolute Gasteiger partial charge is 0.261 e. The van der Waals surface area contributed by atoms with Gasteiger partial charge in [0.15, 0.2) is 4.77 Å². The minimum absolute atomic E-state index is 0.127. The van der Waals surface area contributed by atoms with Crippen molar-refractivity contribution in [3.63, 3.8) is 0 Å². The number of hydrogen-bond acceptors (Lipinski definition) is 4. The number of ether oxygens (including phenoxy) is 1. The molecule has 2 aromatic carbocycles. The van der Waals surface area contributed by atoms with Gasteiger partial charge in [-0.2, -0.15) is 0 Å². The molecule has 0 atom stereocenters. The molecule has 1 aromatic heterocycles. The standard InChI is InChI=1S/C20H21N3O3S/c1-22-19(25)16-9-8-15(12-17(16)21-20(22)27)18(24)23(10-11-26-2)13-14-6-4-3-5-7-14/h3-9,12H,10-11,13H2,1-2H3,(H,21,27). The van der Waals surface area contributed by atoms with Crippen LogP contribution in [0.25, 0.3) is 10.9 Å². The number of carbonyl (C=O) groups excluding carboxylic acids is 1. The molecule has 0 bridgehead atoms. The topological polar surface area (TPSA) is 67.3 Å². The van der Waals surface area contributed by atoms with Crippen molar-refractivity contribution in [2.24, 2.45) is 7.05 Å². The molecule has 0 fully saturated rings. The van der Waals surface area contributed by atoms with Crippen LogP contribution in [0.3, 0.4) is 0 Å². The van der Waals surface area contributed by atoms with Gasteiger partial charge in [-0.3, -0.25) is 14.2 Å². The number of aromatic nitrogens is 2. The Bertz CT molecular complexity index is 1070. The molecule has 1 heterocycles. The van der Waals surface area contributed by atoms with E-state index in [2.05, 4.69) is 4.98 Å². The maximum absolute atomic E-state index is 13.1. The Morgan fingerprint density at radius 3 is 2.67 bits per heavy atom. The van der Waals surface area contributed by atoms with Crippen molar-refractivity contribution in [3.8, 4) is 0 Å². The fourth-order valence-corrected chi connectivity index (χ4v) is 3.07. The molecule has 27 heavy (non-hydrogen) atoms. The summed E-state index contributed by atoms with van der Waals surface area (Å²) in [7, 11) is 3.23. The summed E-state index contributed by atoms with van der Waals surface area (Å²) >= 11 is 5.17. The van der Waals surface area contributed by atoms with Gasteiger partial charge in [0, 0.05) is 32.8 Å². The lowest BCUT2D eigenvalue weighted by Crippen LogP contribution is -2.33. The third-order valence-electron chi connectivity index (χ3n) is 4.42. The molecule has 3 rings (SSSR count). The molecule has 0 spiro atoms. The number of aromatic amines is 1. The molecule has 7 heteroatoms. The summed E-state index contributed by atoms with van der Waals surface area (Å²) in [4.78, 5) is 30.1. The van der Waals surface area contributed by atoms with Crippen molar-refractivity contribution in [3.05, 3.63) is 74.8 Å². The second-order valence-electron chi connectivity index (χ2n) is 6.26. The fourth-order valence-electron chi connectivity index (χ4n) is 2.88. The van der Waals surface area contributed by atoms with Crippen molar-refractivity contribution >= 4 is 29.0 Å². The third kappa shape index (κ3) is 4.15. The van der Waals surface area contributed by atoms with Crippen molar-refractivity contribution < 1.29 is 9.53 Å². The highest BCUT2D eigenvalue weighted by atomic mass is 32.1. The molecule has 0 radical (unpaired) electrons. The van der Waals surface area contributed by atoms with Crippen LogP contribution in [-0.2, 0) is 18.3 Å². The Kier molecular flexibility index (Phi) is 5.83. The van der Waals surface area contributed by atoms with Gasteiger partial charge >= 0.3 is 0 Å². The van der Waals surface area contributed by atoms with Crippen LogP contribution < -0.4 is 5.56 Å². The molecule has 0 aliphatic carbocycles. The van der Waals surface area contributed by atoms with E-state index in [1.54, 1.807) is 37.3 Å². The van der Waals surface area contributed by atoms with Crippen LogP contribution in [-0.4, -0.2) is 40.6 Å². The van der Waals surface area contributed by atoms with Crippen LogP contribution >= 0.6 is 12.2 Å². The van der Waals surface area contributed by atoms with E-state index in [1.807, 2.05) is 30.3 Å². The molecule has 0 aliphatic rings. The molecule has 140 valence electrons. The zero-order valence-corrected chi connectivity index (χ0v) is 16.1. The van der Waals surface area contributed by atoms with Gasteiger partial charge in [-0.05, 0) is 36.0 Å². The fraction of sp³-hybridized carbons (Fsp3) is 0.250. The van der Waals surface area contributed by atoms with Gasteiger partial charge < -0.3 is 14.6 Å². The highest BCUT2D eigenvalue weighted by Crippen LogP contribution is 2.15. The highest BCUT2D eigenvalue weighted by molar-refractivity contribution is 7.71. The van der Waals surface area contributed by atoms with Crippen LogP contribution in [0.15, 0.2) is 53.3 Å². The first-order valence-corrected chi connectivity index (χ1v) is 8.97. The summed E-state index contributed by atoms with van der Waals surface area (Å²) in [6.45, 7) is 1.39. The monoisotopic (exact) mass is 383 g/mol. The Labute approximate surface area is 162 Å². The van der Waals surface area contributed by atoms with E-state index in [4.69, 9.17) is 17.0 Å². The molecule has 0 saturated carbocycles. The molecule has 6 nitrogen and oxygen atoms in total. The first kappa shape index (κ1) is 19.0. The molecule has 0 saturated heterocycles. The summed E-state index contributed by atoms with van der Waals surface area (Å²) in [6.07, 6.45) is 0. The van der Waals surface area contributed by atoms with Gasteiger partial charge in [-0.25, -0.2) is 0 Å². The number of nitrogens with zero attached hydrogens (tertiary/aromatic N) is 2. The quantitative estimate of drug-likeness (QED) is 0.665. The van der Waals surface area contributed by atoms with E-state index in [-0.39, 0.29) is 11.5 Å². The van der Waals surface area contributed by atoms with Gasteiger partial charge in [0.1, 0.15) is 0 Å². The summed E-state index contributed by atoms with van der Waals surface area (Å²) in [6, 6.07) is 14.8. The van der Waals surface area contributed by atoms with E-state index < -0.39 is 0 Å². The minimum atomic E-state index is -0.187. The number of methoxy groups -OCH3 is 1. The molecular formula is C20H21N3O3S. The Morgan fingerprint density at radius 1 is 1.22 bits per heavy atom. The first-order chi connectivity index (χ1) is 13.0. The number of rotatable bonds is 6. The summed E-state index contributed by atoms with van der Waals surface area (Å²) in [5, 5.41) is 0.495. The number of nitrogens with one attached hydrogen (secondary N) is 1. The number of H-pyrrole nitrogens is 1. The molecule has 1 N–H and O–H groups in total. The van der Waals surface area contributed by atoms with E-state index in [0.717, 1.165) is 5.56 Å². The molecular weight excluding hydrogens is 362 g/mol. The zero-order chi connectivity index (χ0) is 19.4. The number of amides is 1. The van der Waals surface area contributed by atoms with E-state index >= 15 is 0 Å². The maximum atomic E-state index is 13.1. The van der Waals surface area contributed by atoms with E-state index in [0.29, 0.717) is 40.9 Å². The van der Waals surface area contributed by atoms with Crippen LogP contribution in [0.4, 0.5) is 0 Å². The van der Waals surface area contributed by atoms with Crippen LogP contribution in [0, 0.1) is 4.77 Å². The number of carbonyl (C=O) groups is 1. The van der Waals surface area contributed by atoms with Crippen molar-refractivity contribution in [2.45, 2.75) is 6.54 Å². The normalized spacial score (nSPS) is 10.9. The lowest BCUT2D eigenvalue weighted by molar-refractivity contribution is 0.0680. The zero-order valence-electron chi connectivity index (χ0n) is 15.3. The van der Waals surface area contributed by atoms with Crippen molar-refractivity contribution in [1.29, 1.82) is 0 Å². The average molecular weight is 383 g/mol. The van der Waals surface area contributed by atoms with Crippen molar-refractivity contribution in [2.75, 3.05) is 20.3 Å². The molecule has 1 amide bonds. The van der Waals surface area contributed by atoms with Gasteiger partial charge in [0.25, 0.3) is 11.5 Å². The lowest BCUT2D eigenvalue weighted by Gasteiger charge is -2.23. The van der Waals surface area contributed by atoms with Gasteiger partial charge in [-0.15, -0.1) is 0 Å².